The Morgan fingerprint density at radius 2 is 2.21 bits per heavy atom. The van der Waals surface area contributed by atoms with Crippen LogP contribution < -0.4 is 0 Å². The Bertz CT molecular complexity index is 431. The van der Waals surface area contributed by atoms with Gasteiger partial charge in [0.1, 0.15) is 11.5 Å². The van der Waals surface area contributed by atoms with Crippen molar-refractivity contribution in [1.29, 1.82) is 0 Å². The summed E-state index contributed by atoms with van der Waals surface area (Å²) in [4.78, 5) is 12.5. The van der Waals surface area contributed by atoms with Gasteiger partial charge in [-0.3, -0.25) is 10.1 Å². The molecule has 1 fully saturated rings. The van der Waals surface area contributed by atoms with Crippen molar-refractivity contribution in [2.24, 2.45) is 0 Å². The Morgan fingerprint density at radius 1 is 1.29 bits per heavy atom. The maximum Gasteiger partial charge on any atom is 0.201 e. The smallest absolute Gasteiger partial charge is 0.201 e. The number of rotatable bonds is 2. The Hall–Kier alpha value is -1.78. The van der Waals surface area contributed by atoms with Crippen LogP contribution in [0.2, 0.25) is 0 Å². The fourth-order valence-electron chi connectivity index (χ4n) is 1.34. The van der Waals surface area contributed by atoms with Crippen molar-refractivity contribution in [3.05, 3.63) is 24.4 Å². The molecule has 0 spiro atoms. The molecule has 2 aromatic heterocycles. The van der Waals surface area contributed by atoms with Gasteiger partial charge >= 0.3 is 0 Å². The minimum Gasteiger partial charge on any atom is -0.262 e. The van der Waals surface area contributed by atoms with Gasteiger partial charge in [0.25, 0.3) is 0 Å². The molecule has 70 valence electrons. The van der Waals surface area contributed by atoms with Crippen molar-refractivity contribution in [2.75, 3.05) is 0 Å². The van der Waals surface area contributed by atoms with Crippen molar-refractivity contribution in [3.8, 4) is 11.5 Å². The molecule has 0 amide bonds. The molecule has 1 aliphatic rings. The summed E-state index contributed by atoms with van der Waals surface area (Å²) in [6.07, 6.45) is 7.38. The van der Waals surface area contributed by atoms with E-state index in [2.05, 4.69) is 25.1 Å². The van der Waals surface area contributed by atoms with Crippen molar-refractivity contribution >= 4 is 0 Å². The minimum absolute atomic E-state index is 0.591. The van der Waals surface area contributed by atoms with Gasteiger partial charge in [-0.2, -0.15) is 5.10 Å². The lowest BCUT2D eigenvalue weighted by Gasteiger charge is -1.89. The average Bonchev–Trinajstić information content (AvgIpc) is 2.98. The minimum atomic E-state index is 0.591. The topological polar surface area (TPSA) is 67.3 Å². The first-order valence-electron chi connectivity index (χ1n) is 4.62. The third-order valence-electron chi connectivity index (χ3n) is 2.26. The molecule has 14 heavy (non-hydrogen) atoms. The number of aromatic nitrogens is 5. The van der Waals surface area contributed by atoms with Gasteiger partial charge in [0.15, 0.2) is 0 Å². The number of hydrogen-bond acceptors (Lipinski definition) is 4. The zero-order chi connectivity index (χ0) is 9.38. The van der Waals surface area contributed by atoms with Crippen molar-refractivity contribution in [1.82, 2.24) is 25.1 Å². The molecule has 0 bridgehead atoms. The maximum atomic E-state index is 4.37. The molecule has 2 aromatic rings. The van der Waals surface area contributed by atoms with Gasteiger partial charge in [-0.05, 0) is 12.8 Å². The van der Waals surface area contributed by atoms with E-state index in [0.717, 1.165) is 11.5 Å². The van der Waals surface area contributed by atoms with Gasteiger partial charge in [-0.1, -0.05) is 0 Å². The van der Waals surface area contributed by atoms with Crippen LogP contribution in [0, 0.1) is 0 Å². The van der Waals surface area contributed by atoms with E-state index in [0.29, 0.717) is 11.7 Å². The van der Waals surface area contributed by atoms with E-state index in [9.17, 15) is 0 Å². The van der Waals surface area contributed by atoms with Gasteiger partial charge in [0.05, 0.1) is 6.20 Å². The highest BCUT2D eigenvalue weighted by atomic mass is 15.2. The molecule has 1 aliphatic carbocycles. The van der Waals surface area contributed by atoms with Crippen LogP contribution in [0.3, 0.4) is 0 Å². The highest BCUT2D eigenvalue weighted by Crippen LogP contribution is 2.38. The number of aromatic amines is 1. The van der Waals surface area contributed by atoms with E-state index < -0.39 is 0 Å². The molecule has 3 rings (SSSR count). The van der Waals surface area contributed by atoms with Crippen LogP contribution in [0.4, 0.5) is 0 Å². The van der Waals surface area contributed by atoms with Crippen LogP contribution in [-0.4, -0.2) is 25.1 Å². The van der Waals surface area contributed by atoms with E-state index in [1.807, 2.05) is 0 Å². The molecule has 1 N–H and O–H groups in total. The molecule has 5 nitrogen and oxygen atoms in total. The fraction of sp³-hybridized carbons (Fsp3) is 0.333. The zero-order valence-electron chi connectivity index (χ0n) is 7.51. The first kappa shape index (κ1) is 7.61. The summed E-state index contributed by atoms with van der Waals surface area (Å²) in [5.74, 6) is 2.21. The molecule has 0 unspecified atom stereocenters. The maximum absolute atomic E-state index is 4.37. The molecule has 0 aromatic carbocycles. The molecule has 0 saturated heterocycles. The summed E-state index contributed by atoms with van der Waals surface area (Å²) in [5.41, 5.74) is 0.718. The number of H-pyrrole nitrogens is 1. The Kier molecular flexibility index (Phi) is 1.56. The molecule has 0 atom stereocenters. The highest BCUT2D eigenvalue weighted by molar-refractivity contribution is 5.46. The predicted octanol–water partition coefficient (Wildman–Crippen LogP) is 1.14. The quantitative estimate of drug-likeness (QED) is 0.765. The van der Waals surface area contributed by atoms with Crippen molar-refractivity contribution in [2.45, 2.75) is 18.8 Å². The standard InChI is InChI=1S/C9H9N5/c1-2-6(1)8-12-9(14-13-8)7-5-10-3-4-11-7/h3-6H,1-2H2,(H,12,13,14). The monoisotopic (exact) mass is 187 g/mol. The van der Waals surface area contributed by atoms with Crippen LogP contribution in [0.1, 0.15) is 24.6 Å². The molecular weight excluding hydrogens is 178 g/mol. The third kappa shape index (κ3) is 1.26. The first-order valence-corrected chi connectivity index (χ1v) is 4.62. The van der Waals surface area contributed by atoms with Gasteiger partial charge in [-0.15, -0.1) is 0 Å². The first-order chi connectivity index (χ1) is 6.93. The van der Waals surface area contributed by atoms with Gasteiger partial charge in [0, 0.05) is 18.3 Å². The molecule has 0 radical (unpaired) electrons. The van der Waals surface area contributed by atoms with Crippen LogP contribution in [0.5, 0.6) is 0 Å². The highest BCUT2D eigenvalue weighted by Gasteiger charge is 2.27. The van der Waals surface area contributed by atoms with E-state index in [1.165, 1.54) is 12.8 Å². The number of nitrogens with one attached hydrogen (secondary N) is 1. The summed E-state index contributed by atoms with van der Waals surface area (Å²) in [6, 6.07) is 0. The molecule has 0 aliphatic heterocycles. The Labute approximate surface area is 80.6 Å². The average molecular weight is 187 g/mol. The van der Waals surface area contributed by atoms with Crippen LogP contribution >= 0.6 is 0 Å². The van der Waals surface area contributed by atoms with Crippen LogP contribution in [-0.2, 0) is 0 Å². The molecular formula is C9H9N5. The normalized spacial score (nSPS) is 15.7. The van der Waals surface area contributed by atoms with Crippen LogP contribution in [0.25, 0.3) is 11.5 Å². The number of hydrogen-bond donors (Lipinski definition) is 1. The SMILES string of the molecule is c1cnc(-c2n[nH]c(C3CC3)n2)cn1. The largest absolute Gasteiger partial charge is 0.262 e. The van der Waals surface area contributed by atoms with E-state index >= 15 is 0 Å². The summed E-state index contributed by atoms with van der Waals surface area (Å²) < 4.78 is 0. The third-order valence-corrected chi connectivity index (χ3v) is 2.26. The lowest BCUT2D eigenvalue weighted by Crippen LogP contribution is -1.86. The lowest BCUT2D eigenvalue weighted by molar-refractivity contribution is 0.934. The second kappa shape index (κ2) is 2.87. The van der Waals surface area contributed by atoms with Crippen molar-refractivity contribution < 1.29 is 0 Å². The van der Waals surface area contributed by atoms with E-state index in [4.69, 9.17) is 0 Å². The zero-order valence-corrected chi connectivity index (χ0v) is 7.51. The van der Waals surface area contributed by atoms with Gasteiger partial charge in [-0.25, -0.2) is 9.97 Å². The Morgan fingerprint density at radius 3 is 2.93 bits per heavy atom. The summed E-state index contributed by atoms with van der Waals surface area (Å²) in [5, 5.41) is 7.05. The number of nitrogens with zero attached hydrogens (tertiary/aromatic N) is 4. The summed E-state index contributed by atoms with van der Waals surface area (Å²) >= 11 is 0. The lowest BCUT2D eigenvalue weighted by atomic mass is 10.4. The van der Waals surface area contributed by atoms with E-state index in [1.54, 1.807) is 18.6 Å². The van der Waals surface area contributed by atoms with E-state index in [-0.39, 0.29) is 0 Å². The van der Waals surface area contributed by atoms with Crippen LogP contribution in [0.15, 0.2) is 18.6 Å². The predicted molar refractivity (Wildman–Crippen MR) is 49.4 cm³/mol. The second-order valence-electron chi connectivity index (χ2n) is 3.41. The summed E-state index contributed by atoms with van der Waals surface area (Å²) in [7, 11) is 0. The summed E-state index contributed by atoms with van der Waals surface area (Å²) in [6.45, 7) is 0. The Balaban J connectivity index is 1.96. The molecule has 2 heterocycles. The van der Waals surface area contributed by atoms with Crippen molar-refractivity contribution in [3.63, 3.8) is 0 Å². The molecule has 5 heteroatoms. The van der Waals surface area contributed by atoms with Gasteiger partial charge in [0.2, 0.25) is 5.82 Å². The fourth-order valence-corrected chi connectivity index (χ4v) is 1.34. The van der Waals surface area contributed by atoms with Gasteiger partial charge < -0.3 is 0 Å². The molecule has 1 saturated carbocycles. The second-order valence-corrected chi connectivity index (χ2v) is 3.41.